The molecule has 6 nitrogen and oxygen atoms in total. The molecular formula is C18H25N3O3. The number of fused-ring (bicyclic) bond motifs is 1. The zero-order chi connectivity index (χ0) is 17.1. The Hall–Kier alpha value is -1.92. The molecule has 1 amide bonds. The highest BCUT2D eigenvalue weighted by atomic mass is 16.5. The van der Waals surface area contributed by atoms with Crippen molar-refractivity contribution in [3.63, 3.8) is 0 Å². The lowest BCUT2D eigenvalue weighted by atomic mass is 10.2. The van der Waals surface area contributed by atoms with Crippen LogP contribution in [0, 0.1) is 0 Å². The predicted octanol–water partition coefficient (Wildman–Crippen LogP) is 3.14. The second-order valence-electron chi connectivity index (χ2n) is 6.58. The van der Waals surface area contributed by atoms with Crippen LogP contribution in [0.15, 0.2) is 24.4 Å². The largest absolute Gasteiger partial charge is 0.376 e. The van der Waals surface area contributed by atoms with Crippen molar-refractivity contribution in [2.45, 2.75) is 51.9 Å². The summed E-state index contributed by atoms with van der Waals surface area (Å²) in [6, 6.07) is 6.03. The monoisotopic (exact) mass is 331 g/mol. The van der Waals surface area contributed by atoms with E-state index in [1.165, 1.54) is 0 Å². The Labute approximate surface area is 142 Å². The van der Waals surface area contributed by atoms with Gasteiger partial charge in [0, 0.05) is 29.9 Å². The molecule has 1 saturated heterocycles. The van der Waals surface area contributed by atoms with Crippen LogP contribution < -0.4 is 5.32 Å². The van der Waals surface area contributed by atoms with E-state index in [2.05, 4.69) is 24.3 Å². The van der Waals surface area contributed by atoms with E-state index in [0.29, 0.717) is 12.6 Å². The minimum absolute atomic E-state index is 0.124. The van der Waals surface area contributed by atoms with E-state index >= 15 is 0 Å². The van der Waals surface area contributed by atoms with Crippen LogP contribution in [0.2, 0.25) is 0 Å². The molecule has 0 bridgehead atoms. The first-order chi connectivity index (χ1) is 11.5. The normalized spacial score (nSPS) is 19.1. The summed E-state index contributed by atoms with van der Waals surface area (Å²) in [4.78, 5) is 12.3. The van der Waals surface area contributed by atoms with Gasteiger partial charge in [0.25, 0.3) is 5.91 Å². The summed E-state index contributed by atoms with van der Waals surface area (Å²) >= 11 is 0. The molecule has 3 rings (SSSR count). The summed E-state index contributed by atoms with van der Waals surface area (Å²) in [5.74, 6) is -0.149. The summed E-state index contributed by atoms with van der Waals surface area (Å²) in [6.07, 6.45) is 3.68. The molecule has 24 heavy (non-hydrogen) atoms. The van der Waals surface area contributed by atoms with Crippen molar-refractivity contribution < 1.29 is 14.3 Å². The van der Waals surface area contributed by atoms with Crippen molar-refractivity contribution in [1.29, 1.82) is 0 Å². The van der Waals surface area contributed by atoms with Crippen molar-refractivity contribution in [2.24, 2.45) is 0 Å². The van der Waals surface area contributed by atoms with Crippen LogP contribution in [-0.4, -0.2) is 41.1 Å². The van der Waals surface area contributed by atoms with Crippen molar-refractivity contribution >= 4 is 22.5 Å². The first-order valence-corrected chi connectivity index (χ1v) is 8.56. The van der Waals surface area contributed by atoms with Crippen LogP contribution in [0.1, 0.15) is 39.7 Å². The maximum Gasteiger partial charge on any atom is 0.253 e. The van der Waals surface area contributed by atoms with Crippen LogP contribution in [0.25, 0.3) is 10.9 Å². The highest BCUT2D eigenvalue weighted by molar-refractivity contribution is 5.96. The minimum Gasteiger partial charge on any atom is -0.376 e. The number of nitrogens with zero attached hydrogens (tertiary/aromatic N) is 2. The van der Waals surface area contributed by atoms with Gasteiger partial charge in [-0.15, -0.1) is 0 Å². The molecule has 0 unspecified atom stereocenters. The summed E-state index contributed by atoms with van der Waals surface area (Å²) in [6.45, 7) is 7.19. The molecule has 0 radical (unpaired) electrons. The first kappa shape index (κ1) is 16.9. The first-order valence-electron chi connectivity index (χ1n) is 8.56. The van der Waals surface area contributed by atoms with Gasteiger partial charge in [-0.2, -0.15) is 5.10 Å². The lowest BCUT2D eigenvalue weighted by molar-refractivity contribution is -0.128. The molecule has 2 aromatic rings. The highest BCUT2D eigenvalue weighted by Gasteiger charge is 2.20. The van der Waals surface area contributed by atoms with Crippen LogP contribution in [0.3, 0.4) is 0 Å². The summed E-state index contributed by atoms with van der Waals surface area (Å²) < 4.78 is 13.1. The van der Waals surface area contributed by atoms with E-state index < -0.39 is 6.10 Å². The maximum atomic E-state index is 12.3. The number of nitrogens with one attached hydrogen (secondary N) is 1. The van der Waals surface area contributed by atoms with Crippen molar-refractivity contribution in [3.05, 3.63) is 24.4 Å². The molecule has 130 valence electrons. The summed E-state index contributed by atoms with van der Waals surface area (Å²) in [5, 5.41) is 8.42. The highest BCUT2D eigenvalue weighted by Crippen LogP contribution is 2.20. The van der Waals surface area contributed by atoms with Gasteiger partial charge in [-0.25, -0.2) is 0 Å². The second-order valence-corrected chi connectivity index (χ2v) is 6.58. The number of ether oxygens (including phenoxy) is 2. The quantitative estimate of drug-likeness (QED) is 0.883. The minimum atomic E-state index is -0.511. The number of amides is 1. The van der Waals surface area contributed by atoms with Gasteiger partial charge in [-0.05, 0) is 51.8 Å². The van der Waals surface area contributed by atoms with E-state index in [-0.39, 0.29) is 12.0 Å². The fraction of sp³-hybridized carbons (Fsp3) is 0.556. The molecule has 0 spiro atoms. The fourth-order valence-electron chi connectivity index (χ4n) is 2.73. The smallest absolute Gasteiger partial charge is 0.253 e. The molecule has 1 N–H and O–H groups in total. The number of hydrogen-bond donors (Lipinski definition) is 1. The van der Waals surface area contributed by atoms with E-state index in [9.17, 15) is 4.79 Å². The lowest BCUT2D eigenvalue weighted by Crippen LogP contribution is -2.30. The fourth-order valence-corrected chi connectivity index (χ4v) is 2.73. The molecule has 1 aromatic carbocycles. The lowest BCUT2D eigenvalue weighted by Gasteiger charge is -2.16. The number of anilines is 1. The van der Waals surface area contributed by atoms with Crippen molar-refractivity contribution in [3.8, 4) is 0 Å². The summed E-state index contributed by atoms with van der Waals surface area (Å²) in [5.41, 5.74) is 1.67. The Morgan fingerprint density at radius 1 is 1.46 bits per heavy atom. The standard InChI is InChI=1S/C18H25N3O3/c1-12(2)21-10-14-9-15(6-7-17(14)20-21)19-18(22)13(3)24-11-16-5-4-8-23-16/h6-7,9-10,12-13,16H,4-5,8,11H2,1-3H3,(H,19,22)/t13-,16-/m1/s1. The molecule has 0 saturated carbocycles. The molecule has 1 aliphatic heterocycles. The maximum absolute atomic E-state index is 12.3. The van der Waals surface area contributed by atoms with Crippen LogP contribution in [-0.2, 0) is 14.3 Å². The van der Waals surface area contributed by atoms with E-state index in [4.69, 9.17) is 9.47 Å². The van der Waals surface area contributed by atoms with Gasteiger partial charge in [0.1, 0.15) is 6.10 Å². The Balaban J connectivity index is 1.59. The number of carbonyl (C=O) groups is 1. The zero-order valence-electron chi connectivity index (χ0n) is 14.5. The topological polar surface area (TPSA) is 65.4 Å². The van der Waals surface area contributed by atoms with Gasteiger partial charge >= 0.3 is 0 Å². The molecular weight excluding hydrogens is 306 g/mol. The van der Waals surface area contributed by atoms with Gasteiger partial charge in [-0.3, -0.25) is 9.48 Å². The van der Waals surface area contributed by atoms with Gasteiger partial charge in [0.15, 0.2) is 0 Å². The molecule has 1 fully saturated rings. The van der Waals surface area contributed by atoms with E-state index in [1.807, 2.05) is 29.1 Å². The number of hydrogen-bond acceptors (Lipinski definition) is 4. The van der Waals surface area contributed by atoms with Gasteiger partial charge in [0.05, 0.1) is 18.2 Å². The number of benzene rings is 1. The molecule has 0 aliphatic carbocycles. The van der Waals surface area contributed by atoms with E-state index in [0.717, 1.165) is 36.0 Å². The van der Waals surface area contributed by atoms with E-state index in [1.54, 1.807) is 6.92 Å². The SMILES string of the molecule is CC(C)n1cc2cc(NC(=O)[C@@H](C)OC[C@H]3CCCO3)ccc2n1. The molecule has 1 aromatic heterocycles. The van der Waals surface area contributed by atoms with Gasteiger partial charge < -0.3 is 14.8 Å². The number of carbonyl (C=O) groups excluding carboxylic acids is 1. The zero-order valence-corrected chi connectivity index (χ0v) is 14.5. The third-order valence-corrected chi connectivity index (χ3v) is 4.24. The van der Waals surface area contributed by atoms with Crippen LogP contribution in [0.5, 0.6) is 0 Å². The molecule has 6 heteroatoms. The van der Waals surface area contributed by atoms with Crippen molar-refractivity contribution in [2.75, 3.05) is 18.5 Å². The third kappa shape index (κ3) is 3.94. The van der Waals surface area contributed by atoms with Crippen LogP contribution >= 0.6 is 0 Å². The molecule has 2 atom stereocenters. The predicted molar refractivity (Wildman–Crippen MR) is 93.1 cm³/mol. The van der Waals surface area contributed by atoms with Gasteiger partial charge in [0.2, 0.25) is 0 Å². The average molecular weight is 331 g/mol. The Morgan fingerprint density at radius 2 is 2.29 bits per heavy atom. The Morgan fingerprint density at radius 3 is 3.00 bits per heavy atom. The Kier molecular flexibility index (Phi) is 5.16. The number of aromatic nitrogens is 2. The third-order valence-electron chi connectivity index (χ3n) is 4.24. The molecule has 2 heterocycles. The molecule has 1 aliphatic rings. The summed E-state index contributed by atoms with van der Waals surface area (Å²) in [7, 11) is 0. The van der Waals surface area contributed by atoms with Gasteiger partial charge in [-0.1, -0.05) is 0 Å². The van der Waals surface area contributed by atoms with Crippen LogP contribution in [0.4, 0.5) is 5.69 Å². The number of rotatable bonds is 6. The second kappa shape index (κ2) is 7.32. The Bertz CT molecular complexity index is 705. The average Bonchev–Trinajstić information content (AvgIpc) is 3.21. The van der Waals surface area contributed by atoms with Crippen molar-refractivity contribution in [1.82, 2.24) is 9.78 Å².